The fraction of sp³-hybridized carbons (Fsp3) is 0.429. The van der Waals surface area contributed by atoms with Crippen LogP contribution in [0.3, 0.4) is 0 Å². The third-order valence-corrected chi connectivity index (χ3v) is 2.45. The quantitative estimate of drug-likeness (QED) is 0.652. The lowest BCUT2D eigenvalue weighted by molar-refractivity contribution is -0.119. The van der Waals surface area contributed by atoms with E-state index < -0.39 is 5.91 Å². The number of ether oxygens (including phenoxy) is 2. The molecule has 0 saturated carbocycles. The van der Waals surface area contributed by atoms with Crippen molar-refractivity contribution < 1.29 is 19.1 Å². The molecule has 0 radical (unpaired) electrons. The van der Waals surface area contributed by atoms with Crippen LogP contribution in [0.5, 0.6) is 5.75 Å². The first kappa shape index (κ1) is 16.0. The topological polar surface area (TPSA) is 90.7 Å². The van der Waals surface area contributed by atoms with Gasteiger partial charge in [0.05, 0.1) is 0 Å². The number of nitrogens with one attached hydrogen (secondary N) is 1. The van der Waals surface area contributed by atoms with Crippen LogP contribution in [0.25, 0.3) is 0 Å². The van der Waals surface area contributed by atoms with Gasteiger partial charge in [-0.3, -0.25) is 9.59 Å². The second-order valence-corrected chi connectivity index (χ2v) is 4.09. The third kappa shape index (κ3) is 6.19. The summed E-state index contributed by atoms with van der Waals surface area (Å²) in [5.74, 6) is -0.194. The zero-order chi connectivity index (χ0) is 14.8. The highest BCUT2D eigenvalue weighted by Gasteiger charge is 2.05. The number of hydrogen-bond donors (Lipinski definition) is 2. The molecule has 1 aromatic carbocycles. The van der Waals surface area contributed by atoms with E-state index in [1.165, 1.54) is 0 Å². The lowest BCUT2D eigenvalue weighted by Crippen LogP contribution is -2.25. The number of hydrogen-bond acceptors (Lipinski definition) is 4. The van der Waals surface area contributed by atoms with Gasteiger partial charge in [0.25, 0.3) is 11.8 Å². The summed E-state index contributed by atoms with van der Waals surface area (Å²) in [5, 5.41) is 2.79. The van der Waals surface area contributed by atoms with Gasteiger partial charge in [-0.25, -0.2) is 0 Å². The molecule has 20 heavy (non-hydrogen) atoms. The fourth-order valence-corrected chi connectivity index (χ4v) is 1.48. The highest BCUT2D eigenvalue weighted by molar-refractivity contribution is 5.94. The molecule has 0 heterocycles. The second-order valence-electron chi connectivity index (χ2n) is 4.09. The first-order valence-electron chi connectivity index (χ1n) is 6.50. The second kappa shape index (κ2) is 8.92. The Bertz CT molecular complexity index is 431. The summed E-state index contributed by atoms with van der Waals surface area (Å²) in [6.45, 7) is 3.64. The van der Waals surface area contributed by atoms with Crippen LogP contribution in [-0.4, -0.2) is 38.2 Å². The van der Waals surface area contributed by atoms with Crippen molar-refractivity contribution in [1.29, 1.82) is 0 Å². The molecule has 0 saturated heterocycles. The van der Waals surface area contributed by atoms with Gasteiger partial charge in [-0.15, -0.1) is 0 Å². The van der Waals surface area contributed by atoms with Crippen molar-refractivity contribution in [2.45, 2.75) is 13.3 Å². The summed E-state index contributed by atoms with van der Waals surface area (Å²) in [5.41, 5.74) is 5.50. The number of primary amides is 1. The Morgan fingerprint density at radius 2 is 1.95 bits per heavy atom. The van der Waals surface area contributed by atoms with Crippen LogP contribution in [0.15, 0.2) is 24.3 Å². The van der Waals surface area contributed by atoms with E-state index in [0.29, 0.717) is 31.1 Å². The van der Waals surface area contributed by atoms with Gasteiger partial charge < -0.3 is 20.5 Å². The Morgan fingerprint density at radius 3 is 2.55 bits per heavy atom. The number of nitrogens with two attached hydrogens (primary N) is 1. The largest absolute Gasteiger partial charge is 0.484 e. The number of rotatable bonds is 9. The van der Waals surface area contributed by atoms with Crippen molar-refractivity contribution in [3.63, 3.8) is 0 Å². The summed E-state index contributed by atoms with van der Waals surface area (Å²) in [6.07, 6.45) is 0.777. The molecule has 1 rings (SSSR count). The average Bonchev–Trinajstić information content (AvgIpc) is 2.45. The molecular weight excluding hydrogens is 260 g/mol. The van der Waals surface area contributed by atoms with E-state index in [1.807, 2.05) is 6.92 Å². The van der Waals surface area contributed by atoms with Crippen molar-refractivity contribution in [3.8, 4) is 5.75 Å². The molecule has 0 spiro atoms. The van der Waals surface area contributed by atoms with E-state index in [9.17, 15) is 9.59 Å². The van der Waals surface area contributed by atoms with Crippen LogP contribution in [0.1, 0.15) is 23.7 Å². The lowest BCUT2D eigenvalue weighted by Gasteiger charge is -2.07. The molecular formula is C14H20N2O4. The molecule has 0 unspecified atom stereocenters. The van der Waals surface area contributed by atoms with Gasteiger partial charge >= 0.3 is 0 Å². The minimum absolute atomic E-state index is 0.150. The highest BCUT2D eigenvalue weighted by atomic mass is 16.5. The summed E-state index contributed by atoms with van der Waals surface area (Å²) < 4.78 is 10.3. The van der Waals surface area contributed by atoms with Gasteiger partial charge in [-0.1, -0.05) is 0 Å². The van der Waals surface area contributed by atoms with Crippen LogP contribution < -0.4 is 15.8 Å². The zero-order valence-electron chi connectivity index (χ0n) is 11.6. The molecule has 0 fully saturated rings. The monoisotopic (exact) mass is 280 g/mol. The van der Waals surface area contributed by atoms with E-state index in [2.05, 4.69) is 5.32 Å². The normalized spacial score (nSPS) is 10.1. The Kier molecular flexibility index (Phi) is 7.13. The Balaban J connectivity index is 2.35. The molecule has 0 aromatic heterocycles. The molecule has 0 aliphatic carbocycles. The third-order valence-electron chi connectivity index (χ3n) is 2.45. The van der Waals surface area contributed by atoms with Gasteiger partial charge in [0.1, 0.15) is 5.75 Å². The van der Waals surface area contributed by atoms with Crippen LogP contribution in [0, 0.1) is 0 Å². The molecule has 3 N–H and O–H groups in total. The number of carbonyl (C=O) groups is 2. The predicted octanol–water partition coefficient (Wildman–Crippen LogP) is 0.707. The first-order chi connectivity index (χ1) is 9.63. The molecule has 1 aromatic rings. The summed E-state index contributed by atoms with van der Waals surface area (Å²) in [7, 11) is 0. The Hall–Kier alpha value is -2.08. The maximum atomic E-state index is 11.8. The van der Waals surface area contributed by atoms with Crippen LogP contribution in [0.2, 0.25) is 0 Å². The average molecular weight is 280 g/mol. The number of benzene rings is 1. The Morgan fingerprint density at radius 1 is 1.25 bits per heavy atom. The fourth-order valence-electron chi connectivity index (χ4n) is 1.48. The van der Waals surface area contributed by atoms with Crippen molar-refractivity contribution in [2.75, 3.05) is 26.4 Å². The molecule has 0 aliphatic rings. The van der Waals surface area contributed by atoms with Crippen molar-refractivity contribution in [3.05, 3.63) is 29.8 Å². The van der Waals surface area contributed by atoms with Crippen molar-refractivity contribution >= 4 is 11.8 Å². The minimum atomic E-state index is -0.541. The molecule has 110 valence electrons. The summed E-state index contributed by atoms with van der Waals surface area (Å²) in [6, 6.07) is 6.51. The maximum Gasteiger partial charge on any atom is 0.255 e. The molecule has 0 atom stereocenters. The molecule has 2 amide bonds. The van der Waals surface area contributed by atoms with E-state index in [1.54, 1.807) is 24.3 Å². The van der Waals surface area contributed by atoms with Crippen molar-refractivity contribution in [2.24, 2.45) is 5.73 Å². The van der Waals surface area contributed by atoms with E-state index in [0.717, 1.165) is 6.42 Å². The SMILES string of the molecule is CCOCCCNC(=O)c1ccc(OCC(N)=O)cc1. The smallest absolute Gasteiger partial charge is 0.255 e. The molecule has 6 heteroatoms. The maximum absolute atomic E-state index is 11.8. The van der Waals surface area contributed by atoms with E-state index >= 15 is 0 Å². The van der Waals surface area contributed by atoms with Crippen LogP contribution in [-0.2, 0) is 9.53 Å². The Labute approximate surface area is 118 Å². The number of carbonyl (C=O) groups excluding carboxylic acids is 2. The van der Waals surface area contributed by atoms with Gasteiger partial charge in [-0.2, -0.15) is 0 Å². The lowest BCUT2D eigenvalue weighted by atomic mass is 10.2. The standard InChI is InChI=1S/C14H20N2O4/c1-2-19-9-3-8-16-14(18)11-4-6-12(7-5-11)20-10-13(15)17/h4-7H,2-3,8-10H2,1H3,(H2,15,17)(H,16,18). The van der Waals surface area contributed by atoms with Crippen LogP contribution in [0.4, 0.5) is 0 Å². The van der Waals surface area contributed by atoms with Crippen molar-refractivity contribution in [1.82, 2.24) is 5.32 Å². The van der Waals surface area contributed by atoms with Gasteiger partial charge in [0.2, 0.25) is 0 Å². The van der Waals surface area contributed by atoms with Gasteiger partial charge in [0, 0.05) is 25.3 Å². The zero-order valence-corrected chi connectivity index (χ0v) is 11.6. The highest BCUT2D eigenvalue weighted by Crippen LogP contribution is 2.11. The minimum Gasteiger partial charge on any atom is -0.484 e. The van der Waals surface area contributed by atoms with E-state index in [4.69, 9.17) is 15.2 Å². The van der Waals surface area contributed by atoms with Crippen LogP contribution >= 0.6 is 0 Å². The molecule has 0 aliphatic heterocycles. The summed E-state index contributed by atoms with van der Waals surface area (Å²) in [4.78, 5) is 22.4. The molecule has 6 nitrogen and oxygen atoms in total. The van der Waals surface area contributed by atoms with E-state index in [-0.39, 0.29) is 12.5 Å². The predicted molar refractivity (Wildman–Crippen MR) is 74.6 cm³/mol. The van der Waals surface area contributed by atoms with Gasteiger partial charge in [0.15, 0.2) is 6.61 Å². The number of amides is 2. The van der Waals surface area contributed by atoms with Gasteiger partial charge in [-0.05, 0) is 37.6 Å². The molecule has 0 bridgehead atoms. The first-order valence-corrected chi connectivity index (χ1v) is 6.50. The summed E-state index contributed by atoms with van der Waals surface area (Å²) >= 11 is 0.